The molecule has 20 heavy (non-hydrogen) atoms. The third-order valence-corrected chi connectivity index (χ3v) is 2.54. The van der Waals surface area contributed by atoms with E-state index in [0.717, 1.165) is 6.07 Å². The van der Waals surface area contributed by atoms with Gasteiger partial charge in [0.25, 0.3) is 15.4 Å². The fourth-order valence-electron chi connectivity index (χ4n) is 1.18. The summed E-state index contributed by atoms with van der Waals surface area (Å²) in [5, 5.41) is 12.2. The molecule has 1 amide bonds. The van der Waals surface area contributed by atoms with Gasteiger partial charge in [0.05, 0.1) is 16.2 Å². The summed E-state index contributed by atoms with van der Waals surface area (Å²) >= 11 is 15.6. The zero-order valence-electron chi connectivity index (χ0n) is 9.17. The maximum Gasteiger partial charge on any atom is 0.418 e. The van der Waals surface area contributed by atoms with Crippen molar-refractivity contribution in [2.75, 3.05) is 5.32 Å². The Bertz CT molecular complexity index is 558. The third kappa shape index (κ3) is 4.12. The lowest BCUT2D eigenvalue weighted by Gasteiger charge is -2.16. The van der Waals surface area contributed by atoms with Gasteiger partial charge in [0.1, 0.15) is 0 Å². The highest BCUT2D eigenvalue weighted by Gasteiger charge is 2.38. The van der Waals surface area contributed by atoms with Gasteiger partial charge in [-0.25, -0.2) is 0 Å². The molecule has 0 aliphatic heterocycles. The number of nitrogens with one attached hydrogen (secondary N) is 1. The minimum atomic E-state index is -4.93. The molecule has 110 valence electrons. The maximum absolute atomic E-state index is 12.8. The minimum Gasteiger partial charge on any atom is -0.322 e. The number of alkyl halides is 6. The van der Waals surface area contributed by atoms with Gasteiger partial charge in [-0.15, -0.1) is 0 Å². The number of rotatable bonds is 2. The van der Waals surface area contributed by atoms with Crippen LogP contribution in [0.3, 0.4) is 0 Å². The molecule has 0 fully saturated rings. The minimum absolute atomic E-state index is 0.272. The number of anilines is 1. The number of amides is 1. The van der Waals surface area contributed by atoms with E-state index in [1.165, 1.54) is 0 Å². The second-order valence-corrected chi connectivity index (χ2v) is 5.72. The van der Waals surface area contributed by atoms with Gasteiger partial charge in [-0.05, 0) is 6.07 Å². The van der Waals surface area contributed by atoms with Crippen LogP contribution in [0.4, 0.5) is 24.5 Å². The number of non-ortho nitro benzene ring substituents is 1. The third-order valence-electron chi connectivity index (χ3n) is 2.03. The number of carbonyl (C=O) groups is 1. The number of nitro benzene ring substituents is 1. The molecule has 1 aromatic rings. The van der Waals surface area contributed by atoms with E-state index in [-0.39, 0.29) is 6.07 Å². The molecule has 0 radical (unpaired) electrons. The normalized spacial score (nSPS) is 12.1. The van der Waals surface area contributed by atoms with Crippen molar-refractivity contribution >= 4 is 52.1 Å². The van der Waals surface area contributed by atoms with Crippen LogP contribution in [-0.2, 0) is 11.0 Å². The number of halogens is 6. The summed E-state index contributed by atoms with van der Waals surface area (Å²) in [4.78, 5) is 20.8. The molecule has 0 unspecified atom stereocenters. The number of hydrogen-bond acceptors (Lipinski definition) is 3. The summed E-state index contributed by atoms with van der Waals surface area (Å²) < 4.78 is 35.8. The Balaban J connectivity index is 3.27. The number of hydrogen-bond donors (Lipinski definition) is 1. The molecular weight excluding hydrogens is 347 g/mol. The number of nitro groups is 1. The molecule has 0 bridgehead atoms. The molecule has 11 heteroatoms. The second-order valence-electron chi connectivity index (χ2n) is 3.44. The van der Waals surface area contributed by atoms with Crippen LogP contribution in [0.2, 0.25) is 0 Å². The first-order valence-electron chi connectivity index (χ1n) is 4.66. The van der Waals surface area contributed by atoms with Crippen molar-refractivity contribution in [3.8, 4) is 0 Å². The quantitative estimate of drug-likeness (QED) is 0.498. The topological polar surface area (TPSA) is 72.2 Å². The van der Waals surface area contributed by atoms with Gasteiger partial charge in [0, 0.05) is 12.1 Å². The molecule has 0 saturated carbocycles. The van der Waals surface area contributed by atoms with Crippen molar-refractivity contribution in [1.82, 2.24) is 0 Å². The van der Waals surface area contributed by atoms with Crippen molar-refractivity contribution < 1.29 is 22.9 Å². The van der Waals surface area contributed by atoms with Crippen LogP contribution in [0.1, 0.15) is 5.56 Å². The van der Waals surface area contributed by atoms with Crippen LogP contribution >= 0.6 is 34.8 Å². The Kier molecular flexibility index (Phi) is 4.73. The Hall–Kier alpha value is -1.25. The van der Waals surface area contributed by atoms with Crippen LogP contribution in [-0.4, -0.2) is 14.6 Å². The van der Waals surface area contributed by atoms with E-state index < -0.39 is 37.7 Å². The van der Waals surface area contributed by atoms with Gasteiger partial charge in [-0.1, -0.05) is 34.8 Å². The average Bonchev–Trinajstić information content (AvgIpc) is 2.26. The Morgan fingerprint density at radius 2 is 1.80 bits per heavy atom. The maximum atomic E-state index is 12.8. The van der Waals surface area contributed by atoms with Crippen LogP contribution in [0.5, 0.6) is 0 Å². The van der Waals surface area contributed by atoms with E-state index >= 15 is 0 Å². The van der Waals surface area contributed by atoms with Gasteiger partial charge < -0.3 is 5.32 Å². The number of carbonyl (C=O) groups excluding carboxylic acids is 1. The van der Waals surface area contributed by atoms with Crippen LogP contribution in [0.15, 0.2) is 18.2 Å². The van der Waals surface area contributed by atoms with Gasteiger partial charge in [-0.2, -0.15) is 13.2 Å². The summed E-state index contributed by atoms with van der Waals surface area (Å²) in [6, 6.07) is 1.76. The predicted molar refractivity (Wildman–Crippen MR) is 67.0 cm³/mol. The Labute approximate surface area is 124 Å². The highest BCUT2D eigenvalue weighted by molar-refractivity contribution is 6.76. The molecule has 1 N–H and O–H groups in total. The lowest BCUT2D eigenvalue weighted by molar-refractivity contribution is -0.385. The molecular formula is C9H4Cl3F3N2O3. The molecule has 0 heterocycles. The van der Waals surface area contributed by atoms with Crippen molar-refractivity contribution in [3.05, 3.63) is 33.9 Å². The first kappa shape index (κ1) is 16.8. The van der Waals surface area contributed by atoms with Crippen molar-refractivity contribution in [2.24, 2.45) is 0 Å². The summed E-state index contributed by atoms with van der Waals surface area (Å²) in [5.74, 6) is -1.32. The molecule has 0 aliphatic carbocycles. The molecule has 1 rings (SSSR count). The van der Waals surface area contributed by atoms with Gasteiger partial charge in [0.15, 0.2) is 0 Å². The molecule has 0 aliphatic rings. The fraction of sp³-hybridized carbons (Fsp3) is 0.222. The largest absolute Gasteiger partial charge is 0.418 e. The first-order valence-corrected chi connectivity index (χ1v) is 5.80. The van der Waals surface area contributed by atoms with Crippen LogP contribution < -0.4 is 5.32 Å². The molecule has 0 aromatic heterocycles. The Morgan fingerprint density at radius 3 is 2.20 bits per heavy atom. The zero-order chi connectivity index (χ0) is 15.7. The summed E-state index contributed by atoms with van der Waals surface area (Å²) in [6.45, 7) is 0. The second kappa shape index (κ2) is 5.63. The van der Waals surface area contributed by atoms with Gasteiger partial charge in [0.2, 0.25) is 0 Å². The number of nitrogens with zero attached hydrogens (tertiary/aromatic N) is 1. The van der Waals surface area contributed by atoms with Gasteiger partial charge in [-0.3, -0.25) is 14.9 Å². The predicted octanol–water partition coefficient (Wildman–Crippen LogP) is 3.92. The van der Waals surface area contributed by atoms with Crippen molar-refractivity contribution in [3.63, 3.8) is 0 Å². The lowest BCUT2D eigenvalue weighted by atomic mass is 10.1. The molecule has 1 aromatic carbocycles. The van der Waals surface area contributed by atoms with E-state index in [9.17, 15) is 28.1 Å². The van der Waals surface area contributed by atoms with Gasteiger partial charge >= 0.3 is 6.18 Å². The highest BCUT2D eigenvalue weighted by atomic mass is 35.6. The van der Waals surface area contributed by atoms with E-state index in [4.69, 9.17) is 34.8 Å². The van der Waals surface area contributed by atoms with E-state index in [1.807, 2.05) is 0 Å². The molecule has 0 spiro atoms. The van der Waals surface area contributed by atoms with Crippen molar-refractivity contribution in [2.45, 2.75) is 9.97 Å². The number of benzene rings is 1. The summed E-state index contributed by atoms with van der Waals surface area (Å²) in [6.07, 6.45) is -4.93. The summed E-state index contributed by atoms with van der Waals surface area (Å²) in [7, 11) is 0. The lowest BCUT2D eigenvalue weighted by Crippen LogP contribution is -2.28. The fourth-order valence-corrected chi connectivity index (χ4v) is 1.32. The average molecular weight is 351 g/mol. The van der Waals surface area contributed by atoms with E-state index in [2.05, 4.69) is 0 Å². The van der Waals surface area contributed by atoms with E-state index in [0.29, 0.717) is 6.07 Å². The SMILES string of the molecule is O=C(Nc1ccc([N+](=O)[O-])cc1C(F)(F)F)C(Cl)(Cl)Cl. The smallest absolute Gasteiger partial charge is 0.322 e. The highest BCUT2D eigenvalue weighted by Crippen LogP contribution is 2.38. The molecule has 0 saturated heterocycles. The molecule has 0 atom stereocenters. The Morgan fingerprint density at radius 1 is 1.25 bits per heavy atom. The van der Waals surface area contributed by atoms with Crippen LogP contribution in [0.25, 0.3) is 0 Å². The van der Waals surface area contributed by atoms with Crippen molar-refractivity contribution in [1.29, 1.82) is 0 Å². The summed E-state index contributed by atoms with van der Waals surface area (Å²) in [5.41, 5.74) is -2.96. The molecule has 5 nitrogen and oxygen atoms in total. The first-order chi connectivity index (χ1) is 8.93. The monoisotopic (exact) mass is 350 g/mol. The standard InChI is InChI=1S/C9H4Cl3F3N2O3/c10-8(11,12)7(18)16-6-2-1-4(17(19)20)3-5(6)9(13,14)15/h1-3H,(H,16,18). The van der Waals surface area contributed by atoms with Crippen LogP contribution in [0, 0.1) is 10.1 Å². The van der Waals surface area contributed by atoms with E-state index in [1.54, 1.807) is 5.32 Å². The zero-order valence-corrected chi connectivity index (χ0v) is 11.4.